The van der Waals surface area contributed by atoms with Crippen LogP contribution in [0.1, 0.15) is 38.8 Å². The van der Waals surface area contributed by atoms with Crippen LogP contribution >= 0.6 is 0 Å². The number of benzene rings is 2. The van der Waals surface area contributed by atoms with Gasteiger partial charge in [-0.05, 0) is 23.5 Å². The molecule has 2 aromatic rings. The second-order valence-corrected chi connectivity index (χ2v) is 9.93. The lowest BCUT2D eigenvalue weighted by molar-refractivity contribution is -0.162. The summed E-state index contributed by atoms with van der Waals surface area (Å²) in [6.07, 6.45) is 0.282. The number of alkyl carbamates (subject to hydrolysis) is 1. The van der Waals surface area contributed by atoms with Gasteiger partial charge in [0.2, 0.25) is 5.91 Å². The van der Waals surface area contributed by atoms with Crippen LogP contribution < -0.4 is 10.6 Å². The Morgan fingerprint density at radius 3 is 2.06 bits per heavy atom. The van der Waals surface area contributed by atoms with Crippen molar-refractivity contribution in [1.82, 2.24) is 10.6 Å². The Labute approximate surface area is 199 Å². The van der Waals surface area contributed by atoms with Gasteiger partial charge in [-0.15, -0.1) is 0 Å². The van der Waals surface area contributed by atoms with Gasteiger partial charge in [-0.2, -0.15) is 0 Å². The molecule has 6 nitrogen and oxygen atoms in total. The standard InChI is InChI=1S/C26H34N2O4Si/c1-6-17-31-23(30)28-21-20(22(29)27-21)26(24(2,3)4,19-15-11-8-12-16-19)25(5,32-33)18-13-9-7-10-14-18/h6-16,20-21H,1,17H2,2-5,33H3,(H,27,29)(H,28,30)/t20-,21-,25+,26?/m1/s1. The van der Waals surface area contributed by atoms with Gasteiger partial charge in [0.25, 0.3) is 0 Å². The molecule has 0 bridgehead atoms. The molecule has 1 aliphatic heterocycles. The molecule has 0 aliphatic carbocycles. The average Bonchev–Trinajstić information content (AvgIpc) is 2.80. The normalized spacial score (nSPS) is 21.6. The number of carbonyl (C=O) groups excluding carboxylic acids is 2. The minimum absolute atomic E-state index is 0.0890. The quantitative estimate of drug-likeness (QED) is 0.356. The molecule has 176 valence electrons. The van der Waals surface area contributed by atoms with Crippen molar-refractivity contribution in [1.29, 1.82) is 0 Å². The Kier molecular flexibility index (Phi) is 7.14. The molecule has 2 amide bonds. The van der Waals surface area contributed by atoms with Crippen LogP contribution in [-0.2, 0) is 25.0 Å². The fourth-order valence-corrected chi connectivity index (χ4v) is 6.14. The van der Waals surface area contributed by atoms with Crippen molar-refractivity contribution in [3.63, 3.8) is 0 Å². The zero-order valence-electron chi connectivity index (χ0n) is 20.1. The molecule has 2 aromatic carbocycles. The van der Waals surface area contributed by atoms with E-state index < -0.39 is 34.6 Å². The molecular formula is C26H34N2O4Si. The van der Waals surface area contributed by atoms with Crippen molar-refractivity contribution >= 4 is 22.5 Å². The summed E-state index contributed by atoms with van der Waals surface area (Å²) in [5, 5.41) is 5.72. The Bertz CT molecular complexity index is 992. The highest BCUT2D eigenvalue weighted by atomic mass is 28.2. The predicted molar refractivity (Wildman–Crippen MR) is 132 cm³/mol. The Morgan fingerprint density at radius 2 is 1.61 bits per heavy atom. The predicted octanol–water partition coefficient (Wildman–Crippen LogP) is 3.17. The van der Waals surface area contributed by atoms with E-state index >= 15 is 0 Å². The van der Waals surface area contributed by atoms with Gasteiger partial charge in [-0.3, -0.25) is 4.79 Å². The maximum absolute atomic E-state index is 13.3. The number of carbonyl (C=O) groups is 2. The maximum atomic E-state index is 13.3. The van der Waals surface area contributed by atoms with Gasteiger partial charge in [0.15, 0.2) is 0 Å². The van der Waals surface area contributed by atoms with Crippen molar-refractivity contribution in [2.75, 3.05) is 6.61 Å². The topological polar surface area (TPSA) is 76.7 Å². The van der Waals surface area contributed by atoms with Crippen LogP contribution in [0, 0.1) is 11.3 Å². The summed E-state index contributed by atoms with van der Waals surface area (Å²) in [5.74, 6) is -0.737. The minimum atomic E-state index is -0.854. The molecule has 3 rings (SSSR count). The third-order valence-corrected chi connectivity index (χ3v) is 7.70. The summed E-state index contributed by atoms with van der Waals surface area (Å²) >= 11 is 0. The highest BCUT2D eigenvalue weighted by Gasteiger charge is 2.68. The van der Waals surface area contributed by atoms with E-state index in [1.165, 1.54) is 6.08 Å². The van der Waals surface area contributed by atoms with Crippen LogP contribution in [0.4, 0.5) is 4.79 Å². The number of hydrogen-bond donors (Lipinski definition) is 2. The van der Waals surface area contributed by atoms with E-state index in [0.29, 0.717) is 10.5 Å². The fourth-order valence-electron chi connectivity index (χ4n) is 5.58. The third-order valence-electron chi connectivity index (χ3n) is 6.88. The molecule has 33 heavy (non-hydrogen) atoms. The molecule has 0 radical (unpaired) electrons. The maximum Gasteiger partial charge on any atom is 0.409 e. The van der Waals surface area contributed by atoms with E-state index in [2.05, 4.69) is 44.9 Å². The number of rotatable bonds is 8. The number of hydrogen-bond acceptors (Lipinski definition) is 4. The first-order chi connectivity index (χ1) is 15.6. The van der Waals surface area contributed by atoms with Crippen molar-refractivity contribution in [2.24, 2.45) is 11.3 Å². The molecule has 7 heteroatoms. The zero-order chi connectivity index (χ0) is 24.3. The molecule has 1 aliphatic rings. The number of β-lactam (4-membered cyclic amide) rings is 1. The summed E-state index contributed by atoms with van der Waals surface area (Å²) in [4.78, 5) is 25.7. The molecule has 1 fully saturated rings. The van der Waals surface area contributed by atoms with Crippen molar-refractivity contribution in [3.8, 4) is 0 Å². The summed E-state index contributed by atoms with van der Waals surface area (Å²) in [6, 6.07) is 20.0. The smallest absolute Gasteiger partial charge is 0.409 e. The summed E-state index contributed by atoms with van der Waals surface area (Å²) < 4.78 is 11.6. The van der Waals surface area contributed by atoms with Crippen LogP contribution in [0.3, 0.4) is 0 Å². The molecule has 4 atom stereocenters. The Hall–Kier alpha value is -2.90. The molecule has 0 aromatic heterocycles. The number of ether oxygens (including phenoxy) is 1. The highest BCUT2D eigenvalue weighted by molar-refractivity contribution is 5.98. The molecule has 1 heterocycles. The van der Waals surface area contributed by atoms with E-state index in [1.807, 2.05) is 60.7 Å². The first kappa shape index (κ1) is 24.7. The number of amides is 2. The lowest BCUT2D eigenvalue weighted by Crippen LogP contribution is -2.77. The molecule has 0 saturated carbocycles. The molecule has 0 spiro atoms. The third kappa shape index (κ3) is 4.11. The Balaban J connectivity index is 2.26. The number of nitrogens with one attached hydrogen (secondary N) is 2. The van der Waals surface area contributed by atoms with Crippen molar-refractivity contribution in [2.45, 2.75) is 44.9 Å². The first-order valence-electron chi connectivity index (χ1n) is 11.1. The molecule has 2 N–H and O–H groups in total. The second-order valence-electron chi connectivity index (χ2n) is 9.52. The fraction of sp³-hybridized carbons (Fsp3) is 0.385. The van der Waals surface area contributed by atoms with Crippen molar-refractivity contribution < 1.29 is 18.8 Å². The molecule has 1 unspecified atom stereocenters. The van der Waals surface area contributed by atoms with Gasteiger partial charge in [0.05, 0.1) is 11.5 Å². The van der Waals surface area contributed by atoms with Gasteiger partial charge in [0, 0.05) is 5.41 Å². The first-order valence-corrected chi connectivity index (χ1v) is 12.0. The minimum Gasteiger partial charge on any atom is -0.445 e. The van der Waals surface area contributed by atoms with Gasteiger partial charge in [0.1, 0.15) is 23.3 Å². The van der Waals surface area contributed by atoms with Gasteiger partial charge < -0.3 is 19.8 Å². The lowest BCUT2D eigenvalue weighted by atomic mass is 9.46. The van der Waals surface area contributed by atoms with Crippen LogP contribution in [-0.4, -0.2) is 35.3 Å². The van der Waals surface area contributed by atoms with Crippen LogP contribution in [0.15, 0.2) is 73.3 Å². The highest BCUT2D eigenvalue weighted by Crippen LogP contribution is 2.61. The summed E-state index contributed by atoms with van der Waals surface area (Å²) in [7, 11) is 0.451. The van der Waals surface area contributed by atoms with E-state index in [9.17, 15) is 9.59 Å². The van der Waals surface area contributed by atoms with Gasteiger partial charge >= 0.3 is 6.09 Å². The van der Waals surface area contributed by atoms with Gasteiger partial charge in [-0.1, -0.05) is 94.1 Å². The molecule has 1 saturated heterocycles. The summed E-state index contributed by atoms with van der Waals surface area (Å²) in [6.45, 7) is 12.1. The van der Waals surface area contributed by atoms with Crippen molar-refractivity contribution in [3.05, 3.63) is 84.4 Å². The van der Waals surface area contributed by atoms with E-state index in [0.717, 1.165) is 11.1 Å². The second kappa shape index (κ2) is 9.53. The van der Waals surface area contributed by atoms with Gasteiger partial charge in [-0.25, -0.2) is 4.79 Å². The summed E-state index contributed by atoms with van der Waals surface area (Å²) in [5.41, 5.74) is -0.176. The van der Waals surface area contributed by atoms with Crippen LogP contribution in [0.25, 0.3) is 0 Å². The monoisotopic (exact) mass is 466 g/mol. The zero-order valence-corrected chi connectivity index (χ0v) is 22.1. The van der Waals surface area contributed by atoms with E-state index in [-0.39, 0.29) is 12.5 Å². The van der Waals surface area contributed by atoms with Crippen LogP contribution in [0.2, 0.25) is 0 Å². The Morgan fingerprint density at radius 1 is 1.06 bits per heavy atom. The largest absolute Gasteiger partial charge is 0.445 e. The average molecular weight is 467 g/mol. The SMILES string of the molecule is C=CCOC(=O)N[C@H]1NC(=O)[C@@H]1C(c1ccccc1)(C(C)(C)C)[C@@](C)(O[SiH3])c1ccccc1. The van der Waals surface area contributed by atoms with E-state index in [4.69, 9.17) is 9.16 Å². The molecular weight excluding hydrogens is 432 g/mol. The van der Waals surface area contributed by atoms with Crippen LogP contribution in [0.5, 0.6) is 0 Å². The lowest BCUT2D eigenvalue weighted by Gasteiger charge is -2.63. The van der Waals surface area contributed by atoms with E-state index in [1.54, 1.807) is 0 Å².